The number of fused-ring (bicyclic) bond motifs is 1. The number of halogens is 1. The first kappa shape index (κ1) is 18.5. The Morgan fingerprint density at radius 2 is 2.04 bits per heavy atom. The summed E-state index contributed by atoms with van der Waals surface area (Å²) in [5, 5.41) is 9.63. The molecule has 28 heavy (non-hydrogen) atoms. The van der Waals surface area contributed by atoms with Gasteiger partial charge in [-0.1, -0.05) is 6.92 Å². The molecule has 0 saturated heterocycles. The zero-order chi connectivity index (χ0) is 20.0. The fourth-order valence-corrected chi connectivity index (χ4v) is 3.61. The van der Waals surface area contributed by atoms with Gasteiger partial charge in [-0.3, -0.25) is 14.6 Å². The number of Topliss-reactive ketones (excluding diaryl/α,β-unsaturated/α-hetero) is 1. The molecule has 0 aliphatic heterocycles. The highest BCUT2D eigenvalue weighted by molar-refractivity contribution is 5.99. The maximum atomic E-state index is 15.0. The van der Waals surface area contributed by atoms with Gasteiger partial charge in [-0.25, -0.2) is 4.39 Å². The number of hydrogen-bond acceptors (Lipinski definition) is 4. The normalized spacial score (nSPS) is 13.9. The molecule has 1 N–H and O–H groups in total. The van der Waals surface area contributed by atoms with Crippen LogP contribution in [0.25, 0.3) is 22.0 Å². The SMILES string of the molecule is CCC(=O)c1cn(C2CC2)c2cc(-c3cc(C)nc(CO)c3)c(F)cc2c1=O. The first-order valence-electron chi connectivity index (χ1n) is 9.43. The average Bonchev–Trinajstić information content (AvgIpc) is 3.52. The fourth-order valence-electron chi connectivity index (χ4n) is 3.61. The van der Waals surface area contributed by atoms with Crippen LogP contribution in [0.4, 0.5) is 4.39 Å². The highest BCUT2D eigenvalue weighted by atomic mass is 19.1. The quantitative estimate of drug-likeness (QED) is 0.681. The zero-order valence-electron chi connectivity index (χ0n) is 15.8. The number of aliphatic hydroxyl groups excluding tert-OH is 1. The molecule has 0 atom stereocenters. The molecule has 5 nitrogen and oxygen atoms in total. The molecule has 1 aliphatic carbocycles. The summed E-state index contributed by atoms with van der Waals surface area (Å²) in [6.07, 6.45) is 3.79. The molecule has 2 heterocycles. The van der Waals surface area contributed by atoms with E-state index >= 15 is 0 Å². The van der Waals surface area contributed by atoms with Crippen molar-refractivity contribution in [1.29, 1.82) is 0 Å². The second-order valence-electron chi connectivity index (χ2n) is 7.28. The summed E-state index contributed by atoms with van der Waals surface area (Å²) in [7, 11) is 0. The molecule has 1 aromatic carbocycles. The van der Waals surface area contributed by atoms with Crippen molar-refractivity contribution >= 4 is 16.7 Å². The lowest BCUT2D eigenvalue weighted by molar-refractivity contribution is 0.0986. The molecule has 0 unspecified atom stereocenters. The molecule has 0 spiro atoms. The van der Waals surface area contributed by atoms with Crippen molar-refractivity contribution in [2.24, 2.45) is 0 Å². The van der Waals surface area contributed by atoms with Crippen LogP contribution in [0.15, 0.2) is 35.3 Å². The zero-order valence-corrected chi connectivity index (χ0v) is 15.8. The minimum Gasteiger partial charge on any atom is -0.390 e. The topological polar surface area (TPSA) is 72.2 Å². The van der Waals surface area contributed by atoms with Gasteiger partial charge in [0.15, 0.2) is 11.2 Å². The Morgan fingerprint density at radius 1 is 1.29 bits per heavy atom. The monoisotopic (exact) mass is 380 g/mol. The van der Waals surface area contributed by atoms with Crippen molar-refractivity contribution in [1.82, 2.24) is 9.55 Å². The van der Waals surface area contributed by atoms with Crippen molar-refractivity contribution < 1.29 is 14.3 Å². The van der Waals surface area contributed by atoms with E-state index in [0.717, 1.165) is 12.8 Å². The van der Waals surface area contributed by atoms with E-state index in [1.807, 2.05) is 4.57 Å². The van der Waals surface area contributed by atoms with E-state index in [2.05, 4.69) is 4.98 Å². The Labute approximate surface area is 161 Å². The summed E-state index contributed by atoms with van der Waals surface area (Å²) in [6.45, 7) is 3.26. The standard InChI is InChI=1S/C22H21FN2O3/c1-3-21(27)18-10-25(15-4-5-15)20-9-16(19(23)8-17(20)22(18)28)13-6-12(2)24-14(7-13)11-26/h6-10,15,26H,3-5,11H2,1-2H3. The Balaban J connectivity index is 2.01. The third-order valence-electron chi connectivity index (χ3n) is 5.16. The van der Waals surface area contributed by atoms with E-state index in [9.17, 15) is 19.1 Å². The van der Waals surface area contributed by atoms with E-state index in [1.54, 1.807) is 38.2 Å². The number of pyridine rings is 2. The number of hydrogen-bond donors (Lipinski definition) is 1. The predicted octanol–water partition coefficient (Wildman–Crippen LogP) is 3.93. The van der Waals surface area contributed by atoms with E-state index in [4.69, 9.17) is 0 Å². The molecule has 0 bridgehead atoms. The Bertz CT molecular complexity index is 1160. The highest BCUT2D eigenvalue weighted by Gasteiger charge is 2.27. The second kappa shape index (κ2) is 6.95. The number of carbonyl (C=O) groups is 1. The van der Waals surface area contributed by atoms with Gasteiger partial charge in [-0.2, -0.15) is 0 Å². The molecule has 2 aromatic heterocycles. The van der Waals surface area contributed by atoms with Crippen LogP contribution in [0.5, 0.6) is 0 Å². The largest absolute Gasteiger partial charge is 0.390 e. The van der Waals surface area contributed by atoms with Gasteiger partial charge in [0.2, 0.25) is 0 Å². The summed E-state index contributed by atoms with van der Waals surface area (Å²) >= 11 is 0. The number of carbonyl (C=O) groups excluding carboxylic acids is 1. The second-order valence-corrected chi connectivity index (χ2v) is 7.28. The van der Waals surface area contributed by atoms with E-state index in [-0.39, 0.29) is 35.8 Å². The van der Waals surface area contributed by atoms with Crippen LogP contribution >= 0.6 is 0 Å². The smallest absolute Gasteiger partial charge is 0.200 e. The Kier molecular flexibility index (Phi) is 4.59. The van der Waals surface area contributed by atoms with Gasteiger partial charge < -0.3 is 9.67 Å². The van der Waals surface area contributed by atoms with Crippen LogP contribution in [0, 0.1) is 12.7 Å². The molecule has 4 rings (SSSR count). The minimum atomic E-state index is -0.539. The number of rotatable bonds is 5. The number of aryl methyl sites for hydroxylation is 1. The molecule has 0 amide bonds. The Morgan fingerprint density at radius 3 is 2.68 bits per heavy atom. The molecule has 0 radical (unpaired) electrons. The van der Waals surface area contributed by atoms with E-state index in [1.165, 1.54) is 6.07 Å². The fraction of sp³-hybridized carbons (Fsp3) is 0.318. The molecular formula is C22H21FN2O3. The molecule has 1 saturated carbocycles. The number of benzene rings is 1. The summed E-state index contributed by atoms with van der Waals surface area (Å²) in [6, 6.07) is 6.51. The van der Waals surface area contributed by atoms with Crippen molar-refractivity contribution in [3.8, 4) is 11.1 Å². The van der Waals surface area contributed by atoms with Crippen molar-refractivity contribution in [3.63, 3.8) is 0 Å². The van der Waals surface area contributed by atoms with Crippen LogP contribution in [-0.2, 0) is 6.61 Å². The lowest BCUT2D eigenvalue weighted by Gasteiger charge is -2.15. The van der Waals surface area contributed by atoms with Crippen LogP contribution in [0.1, 0.15) is 54.0 Å². The number of aliphatic hydroxyl groups is 1. The van der Waals surface area contributed by atoms with Crippen LogP contribution < -0.4 is 5.43 Å². The van der Waals surface area contributed by atoms with Crippen LogP contribution in [0.3, 0.4) is 0 Å². The first-order valence-corrected chi connectivity index (χ1v) is 9.43. The third kappa shape index (κ3) is 3.14. The molecule has 144 valence electrons. The molecule has 1 aliphatic rings. The summed E-state index contributed by atoms with van der Waals surface area (Å²) in [4.78, 5) is 29.3. The van der Waals surface area contributed by atoms with Gasteiger partial charge in [0.05, 0.1) is 23.4 Å². The first-order chi connectivity index (χ1) is 13.4. The van der Waals surface area contributed by atoms with E-state index in [0.29, 0.717) is 28.0 Å². The van der Waals surface area contributed by atoms with Crippen molar-refractivity contribution in [2.75, 3.05) is 0 Å². The molecular weight excluding hydrogens is 359 g/mol. The van der Waals surface area contributed by atoms with Gasteiger partial charge >= 0.3 is 0 Å². The van der Waals surface area contributed by atoms with Gasteiger partial charge in [-0.05, 0) is 49.6 Å². The lowest BCUT2D eigenvalue weighted by Crippen LogP contribution is -2.19. The maximum Gasteiger partial charge on any atom is 0.200 e. The lowest BCUT2D eigenvalue weighted by atomic mass is 10.00. The number of aromatic nitrogens is 2. The number of nitrogens with zero attached hydrogens (tertiary/aromatic N) is 2. The van der Waals surface area contributed by atoms with Gasteiger partial charge in [0, 0.05) is 35.3 Å². The number of ketones is 1. The van der Waals surface area contributed by atoms with E-state index < -0.39 is 11.2 Å². The predicted molar refractivity (Wildman–Crippen MR) is 105 cm³/mol. The molecule has 6 heteroatoms. The van der Waals surface area contributed by atoms with Gasteiger partial charge in [0.1, 0.15) is 5.82 Å². The highest BCUT2D eigenvalue weighted by Crippen LogP contribution is 2.38. The molecule has 3 aromatic rings. The Hall–Kier alpha value is -2.86. The van der Waals surface area contributed by atoms with Gasteiger partial charge in [0.25, 0.3) is 0 Å². The molecule has 1 fully saturated rings. The minimum absolute atomic E-state index is 0.122. The van der Waals surface area contributed by atoms with Crippen molar-refractivity contribution in [2.45, 2.75) is 45.8 Å². The van der Waals surface area contributed by atoms with Gasteiger partial charge in [-0.15, -0.1) is 0 Å². The maximum absolute atomic E-state index is 15.0. The average molecular weight is 380 g/mol. The summed E-state index contributed by atoms with van der Waals surface area (Å²) in [5.41, 5.74) is 2.39. The summed E-state index contributed by atoms with van der Waals surface area (Å²) < 4.78 is 16.9. The third-order valence-corrected chi connectivity index (χ3v) is 5.16. The van der Waals surface area contributed by atoms with Crippen molar-refractivity contribution in [3.05, 3.63) is 63.5 Å². The van der Waals surface area contributed by atoms with Crippen LogP contribution in [-0.4, -0.2) is 20.4 Å². The summed E-state index contributed by atoms with van der Waals surface area (Å²) in [5.74, 6) is -0.773. The van der Waals surface area contributed by atoms with Crippen LogP contribution in [0.2, 0.25) is 0 Å².